The van der Waals surface area contributed by atoms with Crippen molar-refractivity contribution in [1.29, 1.82) is 0 Å². The van der Waals surface area contributed by atoms with Gasteiger partial charge in [-0.25, -0.2) is 0 Å². The van der Waals surface area contributed by atoms with Gasteiger partial charge in [0.05, 0.1) is 12.1 Å². The highest BCUT2D eigenvalue weighted by Gasteiger charge is 2.20. The molecule has 0 saturated heterocycles. The monoisotopic (exact) mass is 284 g/mol. The molecule has 1 rings (SSSR count). The van der Waals surface area contributed by atoms with E-state index in [-0.39, 0.29) is 24.4 Å². The number of carbonyl (C=O) groups is 1. The first kappa shape index (κ1) is 16.6. The molecule has 0 aliphatic heterocycles. The van der Waals surface area contributed by atoms with E-state index in [1.807, 2.05) is 25.7 Å². The van der Waals surface area contributed by atoms with Gasteiger partial charge in [0.2, 0.25) is 11.8 Å². The Labute approximate surface area is 119 Å². The van der Waals surface area contributed by atoms with Crippen molar-refractivity contribution in [2.45, 2.75) is 46.1 Å². The average Bonchev–Trinajstić information content (AvgIpc) is 2.74. The van der Waals surface area contributed by atoms with Crippen LogP contribution < -0.4 is 5.32 Å². The molecule has 2 N–H and O–H groups in total. The Morgan fingerprint density at radius 3 is 2.55 bits per heavy atom. The second-order valence-corrected chi connectivity index (χ2v) is 5.76. The summed E-state index contributed by atoms with van der Waals surface area (Å²) >= 11 is 0. The summed E-state index contributed by atoms with van der Waals surface area (Å²) in [4.78, 5) is 13.7. The highest BCUT2D eigenvalue weighted by atomic mass is 16.4. The van der Waals surface area contributed by atoms with E-state index < -0.39 is 5.60 Å². The van der Waals surface area contributed by atoms with E-state index in [1.165, 1.54) is 0 Å². The number of anilines is 1. The summed E-state index contributed by atoms with van der Waals surface area (Å²) in [6.45, 7) is 10.5. The molecule has 20 heavy (non-hydrogen) atoms. The summed E-state index contributed by atoms with van der Waals surface area (Å²) < 4.78 is 5.31. The zero-order chi connectivity index (χ0) is 15.3. The molecule has 7 heteroatoms. The van der Waals surface area contributed by atoms with Gasteiger partial charge in [0, 0.05) is 12.5 Å². The van der Waals surface area contributed by atoms with Gasteiger partial charge in [-0.05, 0) is 20.4 Å². The Kier molecular flexibility index (Phi) is 5.64. The lowest BCUT2D eigenvalue weighted by atomic mass is 10.1. The number of hydrogen-bond donors (Lipinski definition) is 2. The number of aromatic nitrogens is 2. The maximum atomic E-state index is 11.9. The van der Waals surface area contributed by atoms with Gasteiger partial charge in [-0.1, -0.05) is 25.9 Å². The Morgan fingerprint density at radius 2 is 2.10 bits per heavy atom. The van der Waals surface area contributed by atoms with Crippen LogP contribution in [0.25, 0.3) is 0 Å². The number of aliphatic hydroxyl groups is 1. The first-order valence-corrected chi connectivity index (χ1v) is 6.79. The van der Waals surface area contributed by atoms with Crippen LogP contribution in [0.3, 0.4) is 0 Å². The maximum absolute atomic E-state index is 11.9. The molecule has 0 atom stereocenters. The fourth-order valence-electron chi connectivity index (χ4n) is 1.71. The lowest BCUT2D eigenvalue weighted by Crippen LogP contribution is -2.42. The third-order valence-electron chi connectivity index (χ3n) is 2.61. The predicted octanol–water partition coefficient (Wildman–Crippen LogP) is 1.22. The smallest absolute Gasteiger partial charge is 0.322 e. The summed E-state index contributed by atoms with van der Waals surface area (Å²) in [7, 11) is 0. The first-order chi connectivity index (χ1) is 9.21. The molecule has 0 aromatic carbocycles. The van der Waals surface area contributed by atoms with E-state index in [9.17, 15) is 9.90 Å². The molecule has 114 valence electrons. The summed E-state index contributed by atoms with van der Waals surface area (Å²) in [6.07, 6.45) is 0. The van der Waals surface area contributed by atoms with E-state index in [0.717, 1.165) is 0 Å². The zero-order valence-electron chi connectivity index (χ0n) is 12.8. The highest BCUT2D eigenvalue weighted by molar-refractivity contribution is 5.90. The van der Waals surface area contributed by atoms with Gasteiger partial charge in [0.25, 0.3) is 0 Å². The van der Waals surface area contributed by atoms with Gasteiger partial charge >= 0.3 is 6.01 Å². The van der Waals surface area contributed by atoms with Gasteiger partial charge < -0.3 is 9.52 Å². The van der Waals surface area contributed by atoms with Crippen LogP contribution in [0.4, 0.5) is 6.01 Å². The van der Waals surface area contributed by atoms with Crippen LogP contribution in [-0.2, 0) is 4.79 Å². The molecule has 0 saturated carbocycles. The van der Waals surface area contributed by atoms with Crippen molar-refractivity contribution in [3.63, 3.8) is 0 Å². The molecule has 0 spiro atoms. The molecule has 1 amide bonds. The van der Waals surface area contributed by atoms with Crippen molar-refractivity contribution in [2.75, 3.05) is 25.0 Å². The lowest BCUT2D eigenvalue weighted by molar-refractivity contribution is -0.118. The molecule has 0 radical (unpaired) electrons. The standard InChI is InChI=1S/C13H24N4O3/c1-6-17(8-13(4,5)19)7-10(18)14-12-16-15-11(20-12)9(2)3/h9,19H,6-8H2,1-5H3,(H,14,16,18). The molecule has 1 aromatic heterocycles. The Hall–Kier alpha value is -1.47. The van der Waals surface area contributed by atoms with Crippen LogP contribution >= 0.6 is 0 Å². The minimum absolute atomic E-state index is 0.109. The zero-order valence-corrected chi connectivity index (χ0v) is 12.8. The summed E-state index contributed by atoms with van der Waals surface area (Å²) in [5.41, 5.74) is -0.842. The van der Waals surface area contributed by atoms with Crippen molar-refractivity contribution < 1.29 is 14.3 Å². The van der Waals surface area contributed by atoms with E-state index in [0.29, 0.717) is 19.0 Å². The maximum Gasteiger partial charge on any atom is 0.322 e. The normalized spacial score (nSPS) is 12.2. The first-order valence-electron chi connectivity index (χ1n) is 6.79. The average molecular weight is 284 g/mol. The van der Waals surface area contributed by atoms with Crippen molar-refractivity contribution in [3.8, 4) is 0 Å². The summed E-state index contributed by atoms with van der Waals surface area (Å²) in [5, 5.41) is 19.9. The van der Waals surface area contributed by atoms with Crippen LogP contribution in [0.2, 0.25) is 0 Å². The fraction of sp³-hybridized carbons (Fsp3) is 0.769. The largest absolute Gasteiger partial charge is 0.408 e. The molecule has 0 aliphatic carbocycles. The quantitative estimate of drug-likeness (QED) is 0.782. The number of hydrogen-bond acceptors (Lipinski definition) is 6. The van der Waals surface area contributed by atoms with Crippen molar-refractivity contribution in [1.82, 2.24) is 15.1 Å². The third kappa shape index (κ3) is 5.66. The topological polar surface area (TPSA) is 91.5 Å². The molecule has 1 aromatic rings. The van der Waals surface area contributed by atoms with Crippen LogP contribution in [0.1, 0.15) is 46.4 Å². The molecule has 7 nitrogen and oxygen atoms in total. The minimum Gasteiger partial charge on any atom is -0.408 e. The number of nitrogens with one attached hydrogen (secondary N) is 1. The van der Waals surface area contributed by atoms with Gasteiger partial charge in [-0.3, -0.25) is 15.0 Å². The van der Waals surface area contributed by atoms with Gasteiger partial charge in [0.1, 0.15) is 0 Å². The number of amides is 1. The van der Waals surface area contributed by atoms with Gasteiger partial charge in [-0.2, -0.15) is 0 Å². The number of nitrogens with zero attached hydrogens (tertiary/aromatic N) is 3. The molecule has 0 unspecified atom stereocenters. The molecule has 0 aliphatic rings. The third-order valence-corrected chi connectivity index (χ3v) is 2.61. The van der Waals surface area contributed by atoms with Crippen molar-refractivity contribution in [3.05, 3.63) is 5.89 Å². The molecule has 1 heterocycles. The highest BCUT2D eigenvalue weighted by Crippen LogP contribution is 2.14. The molecular weight excluding hydrogens is 260 g/mol. The van der Waals surface area contributed by atoms with E-state index in [2.05, 4.69) is 15.5 Å². The number of carbonyl (C=O) groups excluding carboxylic acids is 1. The molecular formula is C13H24N4O3. The van der Waals surface area contributed by atoms with Crippen molar-refractivity contribution in [2.24, 2.45) is 0 Å². The van der Waals surface area contributed by atoms with Gasteiger partial charge in [-0.15, -0.1) is 5.10 Å². The number of likely N-dealkylation sites (N-methyl/N-ethyl adjacent to an activating group) is 1. The Balaban J connectivity index is 2.53. The second kappa shape index (κ2) is 6.81. The van der Waals surface area contributed by atoms with Crippen molar-refractivity contribution >= 4 is 11.9 Å². The van der Waals surface area contributed by atoms with E-state index in [1.54, 1.807) is 13.8 Å². The molecule has 0 fully saturated rings. The minimum atomic E-state index is -0.842. The van der Waals surface area contributed by atoms with Crippen LogP contribution in [0.15, 0.2) is 4.42 Å². The van der Waals surface area contributed by atoms with Crippen LogP contribution in [0, 0.1) is 0 Å². The summed E-state index contributed by atoms with van der Waals surface area (Å²) in [6, 6.07) is 0.109. The van der Waals surface area contributed by atoms with Crippen LogP contribution in [-0.4, -0.2) is 51.3 Å². The van der Waals surface area contributed by atoms with Gasteiger partial charge in [0.15, 0.2) is 0 Å². The fourth-order valence-corrected chi connectivity index (χ4v) is 1.71. The second-order valence-electron chi connectivity index (χ2n) is 5.76. The number of rotatable bonds is 7. The summed E-state index contributed by atoms with van der Waals surface area (Å²) in [5.74, 6) is 0.370. The van der Waals surface area contributed by atoms with Crippen LogP contribution in [0.5, 0.6) is 0 Å². The Bertz CT molecular complexity index is 437. The van der Waals surface area contributed by atoms with E-state index in [4.69, 9.17) is 4.42 Å². The Morgan fingerprint density at radius 1 is 1.45 bits per heavy atom. The van der Waals surface area contributed by atoms with E-state index >= 15 is 0 Å². The molecule has 0 bridgehead atoms. The lowest BCUT2D eigenvalue weighted by Gasteiger charge is -2.27. The SMILES string of the molecule is CCN(CC(=O)Nc1nnc(C(C)C)o1)CC(C)(C)O. The predicted molar refractivity (Wildman–Crippen MR) is 75.4 cm³/mol.